The molecule has 1 unspecified atom stereocenters. The van der Waals surface area contributed by atoms with Gasteiger partial charge in [-0.25, -0.2) is 8.42 Å². The molecule has 0 aliphatic heterocycles. The van der Waals surface area contributed by atoms with Crippen molar-refractivity contribution in [1.29, 1.82) is 5.26 Å². The summed E-state index contributed by atoms with van der Waals surface area (Å²) >= 11 is 0. The van der Waals surface area contributed by atoms with E-state index in [0.29, 0.717) is 11.3 Å². The van der Waals surface area contributed by atoms with Gasteiger partial charge >= 0.3 is 0 Å². The van der Waals surface area contributed by atoms with Gasteiger partial charge in [0.25, 0.3) is 0 Å². The fourth-order valence-corrected chi connectivity index (χ4v) is 4.02. The van der Waals surface area contributed by atoms with Crippen molar-refractivity contribution in [1.82, 2.24) is 14.6 Å². The first-order valence-electron chi connectivity index (χ1n) is 9.13. The van der Waals surface area contributed by atoms with E-state index < -0.39 is 22.0 Å². The van der Waals surface area contributed by atoms with Gasteiger partial charge in [0.05, 0.1) is 34.8 Å². The zero-order chi connectivity index (χ0) is 21.6. The molecule has 8 heteroatoms. The Morgan fingerprint density at radius 3 is 2.33 bits per heavy atom. The van der Waals surface area contributed by atoms with Gasteiger partial charge in [0, 0.05) is 13.2 Å². The van der Waals surface area contributed by atoms with E-state index in [2.05, 4.69) is 10.3 Å². The molecule has 0 saturated heterocycles. The largest absolute Gasteiger partial charge is 0.342 e. The summed E-state index contributed by atoms with van der Waals surface area (Å²) in [5.74, 6) is -0.464. The SMILES string of the molecule is CN(CC(=O)NC(c1ccccc1)c1ccccn1)S(=O)(=O)c1ccc(C#N)cc1. The number of carbonyl (C=O) groups excluding carboxylic acids is 1. The first kappa shape index (κ1) is 21.2. The molecule has 0 fully saturated rings. The van der Waals surface area contributed by atoms with Crippen LogP contribution in [0.2, 0.25) is 0 Å². The minimum absolute atomic E-state index is 0.0149. The molecule has 0 spiro atoms. The molecule has 152 valence electrons. The number of pyridine rings is 1. The van der Waals surface area contributed by atoms with Crippen molar-refractivity contribution in [3.63, 3.8) is 0 Å². The van der Waals surface area contributed by atoms with Crippen LogP contribution >= 0.6 is 0 Å². The highest BCUT2D eigenvalue weighted by atomic mass is 32.2. The maximum atomic E-state index is 12.7. The highest BCUT2D eigenvalue weighted by molar-refractivity contribution is 7.89. The van der Waals surface area contributed by atoms with Crippen molar-refractivity contribution in [2.45, 2.75) is 10.9 Å². The molecule has 3 rings (SSSR count). The van der Waals surface area contributed by atoms with Gasteiger partial charge in [-0.05, 0) is 42.0 Å². The molecular formula is C22H20N4O3S. The minimum atomic E-state index is -3.88. The number of aromatic nitrogens is 1. The van der Waals surface area contributed by atoms with Crippen molar-refractivity contribution < 1.29 is 13.2 Å². The lowest BCUT2D eigenvalue weighted by atomic mass is 10.0. The van der Waals surface area contributed by atoms with E-state index in [1.54, 1.807) is 18.3 Å². The maximum Gasteiger partial charge on any atom is 0.243 e. The number of sulfonamides is 1. The van der Waals surface area contributed by atoms with Gasteiger partial charge in [0.2, 0.25) is 15.9 Å². The number of amides is 1. The van der Waals surface area contributed by atoms with Crippen molar-refractivity contribution >= 4 is 15.9 Å². The predicted molar refractivity (Wildman–Crippen MR) is 112 cm³/mol. The standard InChI is InChI=1S/C22H20N4O3S/c1-26(30(28,29)19-12-10-17(15-23)11-13-19)16-21(27)25-22(18-7-3-2-4-8-18)20-9-5-6-14-24-20/h2-14,22H,16H2,1H3,(H,25,27). The van der Waals surface area contributed by atoms with Crippen molar-refractivity contribution in [2.24, 2.45) is 0 Å². The molecule has 1 amide bonds. The molecule has 0 aliphatic carbocycles. The van der Waals surface area contributed by atoms with Gasteiger partial charge in [-0.3, -0.25) is 9.78 Å². The van der Waals surface area contributed by atoms with Crippen LogP contribution < -0.4 is 5.32 Å². The van der Waals surface area contributed by atoms with Crippen molar-refractivity contribution in [2.75, 3.05) is 13.6 Å². The van der Waals surface area contributed by atoms with Gasteiger partial charge < -0.3 is 5.32 Å². The second-order valence-electron chi connectivity index (χ2n) is 6.56. The molecule has 0 aliphatic rings. The quantitative estimate of drug-likeness (QED) is 0.632. The summed E-state index contributed by atoms with van der Waals surface area (Å²) in [6.45, 7) is -0.363. The Bertz CT molecular complexity index is 1100. The molecule has 1 heterocycles. The van der Waals surface area contributed by atoms with Crippen LogP contribution in [0.4, 0.5) is 0 Å². The van der Waals surface area contributed by atoms with E-state index >= 15 is 0 Å². The molecule has 1 atom stereocenters. The molecule has 1 aromatic heterocycles. The molecule has 0 radical (unpaired) electrons. The van der Waals surface area contributed by atoms with Gasteiger partial charge in [0.1, 0.15) is 0 Å². The fraction of sp³-hybridized carbons (Fsp3) is 0.136. The first-order chi connectivity index (χ1) is 14.4. The zero-order valence-electron chi connectivity index (χ0n) is 16.3. The fourth-order valence-electron chi connectivity index (χ4n) is 2.90. The van der Waals surface area contributed by atoms with E-state index in [-0.39, 0.29) is 11.4 Å². The Labute approximate surface area is 175 Å². The summed E-state index contributed by atoms with van der Waals surface area (Å²) in [7, 11) is -2.54. The number of nitriles is 1. The number of carbonyl (C=O) groups is 1. The number of hydrogen-bond donors (Lipinski definition) is 1. The van der Waals surface area contributed by atoms with Gasteiger partial charge in [-0.2, -0.15) is 9.57 Å². The van der Waals surface area contributed by atoms with Crippen LogP contribution in [-0.4, -0.2) is 37.2 Å². The molecule has 3 aromatic rings. The van der Waals surface area contributed by atoms with Crippen LogP contribution in [0, 0.1) is 11.3 Å². The van der Waals surface area contributed by atoms with Gasteiger partial charge in [-0.15, -0.1) is 0 Å². The van der Waals surface area contributed by atoms with Crippen LogP contribution in [-0.2, 0) is 14.8 Å². The number of nitrogens with one attached hydrogen (secondary N) is 1. The summed E-state index contributed by atoms with van der Waals surface area (Å²) in [5.41, 5.74) is 1.84. The molecular weight excluding hydrogens is 400 g/mol. The van der Waals surface area contributed by atoms with E-state index in [0.717, 1.165) is 9.87 Å². The van der Waals surface area contributed by atoms with Gasteiger partial charge in [0.15, 0.2) is 0 Å². The van der Waals surface area contributed by atoms with E-state index in [1.807, 2.05) is 42.5 Å². The second kappa shape index (κ2) is 9.31. The Balaban J connectivity index is 1.77. The minimum Gasteiger partial charge on any atom is -0.342 e. The number of rotatable bonds is 7. The Morgan fingerprint density at radius 2 is 1.73 bits per heavy atom. The van der Waals surface area contributed by atoms with E-state index in [4.69, 9.17) is 5.26 Å². The third-order valence-corrected chi connectivity index (χ3v) is 6.30. The molecule has 0 bridgehead atoms. The lowest BCUT2D eigenvalue weighted by Crippen LogP contribution is -2.40. The zero-order valence-corrected chi connectivity index (χ0v) is 17.1. The summed E-state index contributed by atoms with van der Waals surface area (Å²) in [6.07, 6.45) is 1.64. The summed E-state index contributed by atoms with van der Waals surface area (Å²) < 4.78 is 26.5. The van der Waals surface area contributed by atoms with Crippen LogP contribution in [0.15, 0.2) is 83.9 Å². The lowest BCUT2D eigenvalue weighted by molar-refractivity contribution is -0.121. The molecule has 0 saturated carbocycles. The Morgan fingerprint density at radius 1 is 1.07 bits per heavy atom. The lowest BCUT2D eigenvalue weighted by Gasteiger charge is -2.21. The summed E-state index contributed by atoms with van der Waals surface area (Å²) in [6, 6.07) is 21.7. The molecule has 2 aromatic carbocycles. The van der Waals surface area contributed by atoms with Crippen LogP contribution in [0.25, 0.3) is 0 Å². The predicted octanol–water partition coefficient (Wildman–Crippen LogP) is 2.48. The third kappa shape index (κ3) is 4.89. The van der Waals surface area contributed by atoms with Crippen molar-refractivity contribution in [3.05, 3.63) is 95.8 Å². The highest BCUT2D eigenvalue weighted by Crippen LogP contribution is 2.20. The number of nitrogens with zero attached hydrogens (tertiary/aromatic N) is 3. The molecule has 1 N–H and O–H groups in total. The topological polar surface area (TPSA) is 103 Å². The normalized spacial score (nSPS) is 12.2. The smallest absolute Gasteiger partial charge is 0.243 e. The summed E-state index contributed by atoms with van der Waals surface area (Å²) in [4.78, 5) is 17.0. The number of hydrogen-bond acceptors (Lipinski definition) is 5. The average Bonchev–Trinajstić information content (AvgIpc) is 2.78. The average molecular weight is 420 g/mol. The number of likely N-dealkylation sites (N-methyl/N-ethyl adjacent to an activating group) is 1. The monoisotopic (exact) mass is 420 g/mol. The van der Waals surface area contributed by atoms with E-state index in [9.17, 15) is 13.2 Å². The maximum absolute atomic E-state index is 12.7. The van der Waals surface area contributed by atoms with Crippen LogP contribution in [0.3, 0.4) is 0 Å². The summed E-state index contributed by atoms with van der Waals surface area (Å²) in [5, 5.41) is 11.7. The second-order valence-corrected chi connectivity index (χ2v) is 8.61. The highest BCUT2D eigenvalue weighted by Gasteiger charge is 2.25. The molecule has 7 nitrogen and oxygen atoms in total. The van der Waals surface area contributed by atoms with Crippen LogP contribution in [0.1, 0.15) is 22.9 Å². The van der Waals surface area contributed by atoms with Gasteiger partial charge in [-0.1, -0.05) is 36.4 Å². The Kier molecular flexibility index (Phi) is 6.57. The van der Waals surface area contributed by atoms with Crippen molar-refractivity contribution in [3.8, 4) is 6.07 Å². The first-order valence-corrected chi connectivity index (χ1v) is 10.6. The van der Waals surface area contributed by atoms with E-state index in [1.165, 1.54) is 31.3 Å². The third-order valence-electron chi connectivity index (χ3n) is 4.48. The Hall–Kier alpha value is -3.54. The number of benzene rings is 2. The van der Waals surface area contributed by atoms with Crippen LogP contribution in [0.5, 0.6) is 0 Å². The molecule has 30 heavy (non-hydrogen) atoms.